The van der Waals surface area contributed by atoms with E-state index in [1.54, 1.807) is 30.9 Å². The van der Waals surface area contributed by atoms with Gasteiger partial charge in [0.05, 0.1) is 86.6 Å². The van der Waals surface area contributed by atoms with Crippen molar-refractivity contribution in [1.29, 1.82) is 0 Å². The van der Waals surface area contributed by atoms with Crippen LogP contribution >= 0.6 is 11.8 Å². The fourth-order valence-electron chi connectivity index (χ4n) is 9.19. The van der Waals surface area contributed by atoms with E-state index in [0.29, 0.717) is 41.7 Å². The molecule has 0 saturated carbocycles. The van der Waals surface area contributed by atoms with Gasteiger partial charge in [-0.1, -0.05) is 27.2 Å². The van der Waals surface area contributed by atoms with Gasteiger partial charge in [-0.2, -0.15) is 0 Å². The van der Waals surface area contributed by atoms with Crippen molar-refractivity contribution in [2.24, 2.45) is 23.3 Å². The number of rotatable bonds is 21. The number of benzene rings is 1. The second-order valence-electron chi connectivity index (χ2n) is 20.1. The van der Waals surface area contributed by atoms with Crippen molar-refractivity contribution in [2.75, 3.05) is 65.3 Å². The lowest BCUT2D eigenvalue weighted by Gasteiger charge is -2.39. The molecule has 4 heterocycles. The molecule has 29 nitrogen and oxygen atoms in total. The zero-order valence-electron chi connectivity index (χ0n) is 45.4. The molecule has 10 atom stereocenters. The van der Waals surface area contributed by atoms with E-state index in [9.17, 15) is 73.2 Å². The maximum absolute atomic E-state index is 15.1. The number of thioether (sulfide) groups is 1. The number of hydrogen-bond donors (Lipinski definition) is 14. The van der Waals surface area contributed by atoms with Crippen LogP contribution in [0.25, 0.3) is 10.9 Å². The first kappa shape index (κ1) is 65.0. The van der Waals surface area contributed by atoms with Crippen LogP contribution in [0.15, 0.2) is 17.2 Å². The molecular formula is C50H74N12O17S2. The SMILES string of the molecule is CC[C@H](C)[C@H](NC(=O)CN)C(=O)NCC(=O)N[C@H]1CS(=O)c2[nH]c3c(CSC4CN(C(=O)CCN5C(=O)CCC5=O)C4)c(OC)ccc3c2C[C@@H](CO)NC(=O)[C@H]([C@@H](C)[C@@H](O)CO)NC(=O)C[C@@H](O)CNC(=O)[C@H](CC(N)=O)NC1=O. The number of imide groups is 1. The highest BCUT2D eigenvalue weighted by Crippen LogP contribution is 2.38. The van der Waals surface area contributed by atoms with Crippen LogP contribution in [0.5, 0.6) is 5.75 Å². The number of nitrogens with zero attached hydrogens (tertiary/aromatic N) is 2. The lowest BCUT2D eigenvalue weighted by molar-refractivity contribution is -0.140. The summed E-state index contributed by atoms with van der Waals surface area (Å²) in [4.78, 5) is 150. The number of nitrogens with one attached hydrogen (secondary N) is 8. The van der Waals surface area contributed by atoms with Crippen molar-refractivity contribution >= 4 is 98.4 Å². The van der Waals surface area contributed by atoms with Gasteiger partial charge in [-0.15, -0.1) is 11.8 Å². The van der Waals surface area contributed by atoms with Gasteiger partial charge in [-0.25, -0.2) is 0 Å². The van der Waals surface area contributed by atoms with E-state index in [-0.39, 0.29) is 71.5 Å². The van der Waals surface area contributed by atoms with Crippen LogP contribution in [0.1, 0.15) is 70.4 Å². The number of aromatic nitrogens is 1. The van der Waals surface area contributed by atoms with Crippen LogP contribution in [-0.4, -0.2) is 217 Å². The lowest BCUT2D eigenvalue weighted by Crippen LogP contribution is -2.58. The van der Waals surface area contributed by atoms with Gasteiger partial charge < -0.3 is 83.7 Å². The number of aliphatic hydroxyl groups excluding tert-OH is 4. The van der Waals surface area contributed by atoms with Crippen LogP contribution < -0.4 is 53.4 Å². The summed E-state index contributed by atoms with van der Waals surface area (Å²) >= 11 is 1.45. The molecule has 2 fully saturated rings. The quantitative estimate of drug-likeness (QED) is 0.0518. The van der Waals surface area contributed by atoms with Gasteiger partial charge in [0, 0.05) is 73.3 Å². The predicted molar refractivity (Wildman–Crippen MR) is 290 cm³/mol. The zero-order valence-corrected chi connectivity index (χ0v) is 47.0. The van der Waals surface area contributed by atoms with Crippen LogP contribution in [0.2, 0.25) is 0 Å². The van der Waals surface area contributed by atoms with Gasteiger partial charge in [0.1, 0.15) is 34.9 Å². The molecule has 0 bridgehead atoms. The van der Waals surface area contributed by atoms with E-state index in [1.165, 1.54) is 25.8 Å². The minimum absolute atomic E-state index is 0.0163. The molecule has 0 spiro atoms. The first-order chi connectivity index (χ1) is 38.4. The zero-order chi connectivity index (χ0) is 59.8. The number of methoxy groups -OCH3 is 1. The molecule has 448 valence electrons. The third kappa shape index (κ3) is 17.6. The van der Waals surface area contributed by atoms with Gasteiger partial charge in [-0.3, -0.25) is 61.8 Å². The van der Waals surface area contributed by atoms with E-state index in [1.807, 2.05) is 0 Å². The van der Waals surface area contributed by atoms with Crippen molar-refractivity contribution in [2.45, 2.75) is 124 Å². The molecule has 3 aliphatic rings. The molecule has 31 heteroatoms. The topological polar surface area (TPSA) is 454 Å². The van der Waals surface area contributed by atoms with Crippen LogP contribution in [0.4, 0.5) is 0 Å². The number of likely N-dealkylation sites (tertiary alicyclic amines) is 2. The highest BCUT2D eigenvalue weighted by Gasteiger charge is 2.38. The van der Waals surface area contributed by atoms with Crippen molar-refractivity contribution in [3.05, 3.63) is 23.3 Å². The van der Waals surface area contributed by atoms with Crippen molar-refractivity contribution in [1.82, 2.24) is 52.0 Å². The van der Waals surface area contributed by atoms with Gasteiger partial charge in [0.25, 0.3) is 0 Å². The summed E-state index contributed by atoms with van der Waals surface area (Å²) < 4.78 is 20.9. The van der Waals surface area contributed by atoms with Crippen molar-refractivity contribution in [3.63, 3.8) is 0 Å². The Hall–Kier alpha value is -6.77. The fourth-order valence-corrected chi connectivity index (χ4v) is 11.8. The number of fused-ring (bicyclic) bond motifs is 3. The summed E-state index contributed by atoms with van der Waals surface area (Å²) in [5, 5.41) is 59.4. The van der Waals surface area contributed by atoms with E-state index in [4.69, 9.17) is 16.2 Å². The van der Waals surface area contributed by atoms with E-state index in [2.05, 4.69) is 42.2 Å². The maximum Gasteiger partial charge on any atom is 0.244 e. The fraction of sp³-hybridized carbons (Fsp3) is 0.620. The molecule has 3 aliphatic heterocycles. The monoisotopic (exact) mass is 1180 g/mol. The number of β-amino-alcohol motifs (C(OH)–C–C–N with tert-alkyl or cyclic N) is 1. The number of carbonyl (C=O) groups excluding carboxylic acids is 11. The first-order valence-corrected chi connectivity index (χ1v) is 28.7. The van der Waals surface area contributed by atoms with Gasteiger partial charge in [0.15, 0.2) is 0 Å². The Balaban J connectivity index is 1.55. The number of nitrogens with two attached hydrogens (primary N) is 2. The average Bonchev–Trinajstić information content (AvgIpc) is 4.21. The molecule has 1 aromatic carbocycles. The third-order valence-corrected chi connectivity index (χ3v) is 16.9. The number of H-pyrrole nitrogens is 1. The molecule has 1 unspecified atom stereocenters. The molecule has 11 amide bonds. The van der Waals surface area contributed by atoms with Gasteiger partial charge in [-0.05, 0) is 30.0 Å². The second kappa shape index (κ2) is 30.3. The molecule has 1 aromatic heterocycles. The average molecular weight is 1180 g/mol. The summed E-state index contributed by atoms with van der Waals surface area (Å²) in [6, 6.07) is -4.38. The number of aromatic amines is 1. The molecule has 0 radical (unpaired) electrons. The standard InChI is InChI=1S/C50H74N12O17S2/c1-5-24(2)43(59-38(69)15-51)48(76)54-17-39(70)56-33-23-81(78)50-30(29-6-7-35(79-4)31(45(29)60-50)22-80-28-18-61(19-28)40(71)10-11-62-41(72)8-9-42(62)73)12-26(20-63)55-49(77)44(25(3)34(66)21-64)58-37(68)13-27(65)16-53-46(74)32(14-36(52)67)57-47(33)75/h6-7,24-28,32-34,43-44,60,63-66H,5,8-23,51H2,1-4H3,(H2,52,67)(H,53,74)(H,54,76)(H,55,77)(H,56,70)(H,57,75)(H,58,68)(H,59,69)/t24-,25-,26-,27+,32-,33-,34-,43-,44-,81?/m0/s1. The van der Waals surface area contributed by atoms with Crippen molar-refractivity contribution in [3.8, 4) is 5.75 Å². The number of carbonyl (C=O) groups is 11. The number of amides is 11. The molecule has 0 aliphatic carbocycles. The number of hydrogen-bond acceptors (Lipinski definition) is 19. The van der Waals surface area contributed by atoms with E-state index >= 15 is 4.21 Å². The molecule has 5 rings (SSSR count). The minimum atomic E-state index is -2.42. The molecule has 2 saturated heterocycles. The smallest absolute Gasteiger partial charge is 0.244 e. The Morgan fingerprint density at radius 1 is 0.951 bits per heavy atom. The Morgan fingerprint density at radius 3 is 2.26 bits per heavy atom. The maximum atomic E-state index is 15.1. The lowest BCUT2D eigenvalue weighted by atomic mass is 9.94. The van der Waals surface area contributed by atoms with Gasteiger partial charge in [0.2, 0.25) is 65.0 Å². The molecule has 16 N–H and O–H groups in total. The third-order valence-electron chi connectivity index (χ3n) is 14.2. The summed E-state index contributed by atoms with van der Waals surface area (Å²) in [5.41, 5.74) is 12.0. The van der Waals surface area contributed by atoms with E-state index < -0.39 is 164 Å². The Labute approximate surface area is 472 Å². The molecule has 2 aromatic rings. The van der Waals surface area contributed by atoms with Crippen molar-refractivity contribution < 1.29 is 82.1 Å². The highest BCUT2D eigenvalue weighted by atomic mass is 32.2. The molecular weight excluding hydrogens is 1100 g/mol. The summed E-state index contributed by atoms with van der Waals surface area (Å²) in [5.74, 6) is -10.4. The second-order valence-corrected chi connectivity index (χ2v) is 22.8. The van der Waals surface area contributed by atoms with Crippen LogP contribution in [-0.2, 0) is 75.7 Å². The number of ether oxygens (including phenoxy) is 1. The van der Waals surface area contributed by atoms with Gasteiger partial charge >= 0.3 is 0 Å². The normalized spacial score (nSPS) is 23.3. The Bertz CT molecular complexity index is 2690. The summed E-state index contributed by atoms with van der Waals surface area (Å²) in [6.45, 7) is 1.96. The van der Waals surface area contributed by atoms with Crippen LogP contribution in [0.3, 0.4) is 0 Å². The number of aliphatic hydroxyl groups is 4. The first-order valence-electron chi connectivity index (χ1n) is 26.3. The Morgan fingerprint density at radius 2 is 1.64 bits per heavy atom. The largest absolute Gasteiger partial charge is 0.496 e. The summed E-state index contributed by atoms with van der Waals surface area (Å²) in [6.07, 6.45) is -4.52. The highest BCUT2D eigenvalue weighted by molar-refractivity contribution is 7.99. The predicted octanol–water partition coefficient (Wildman–Crippen LogP) is -5.91. The minimum Gasteiger partial charge on any atom is -0.496 e. The van der Waals surface area contributed by atoms with E-state index in [0.717, 1.165) is 4.90 Å². The summed E-state index contributed by atoms with van der Waals surface area (Å²) in [7, 11) is -1.000. The number of primary amides is 1. The van der Waals surface area contributed by atoms with Crippen LogP contribution in [0, 0.1) is 11.8 Å². The molecule has 81 heavy (non-hydrogen) atoms. The Kier molecular flexibility index (Phi) is 24.4.